The second-order valence-electron chi connectivity index (χ2n) is 7.25. The summed E-state index contributed by atoms with van der Waals surface area (Å²) in [6.45, 7) is 7.55. The molecule has 0 radical (unpaired) electrons. The van der Waals surface area contributed by atoms with Crippen LogP contribution in [0.4, 0.5) is 0 Å². The van der Waals surface area contributed by atoms with Gasteiger partial charge in [0.1, 0.15) is 12.2 Å². The van der Waals surface area contributed by atoms with Crippen molar-refractivity contribution in [1.82, 2.24) is 0 Å². The number of hydrogen-bond acceptors (Lipinski definition) is 6. The first kappa shape index (κ1) is 12.2. The first-order chi connectivity index (χ1) is 9.79. The second kappa shape index (κ2) is 2.90. The molecule has 6 heteroatoms. The molecule has 1 spiro atoms. The molecule has 0 unspecified atom stereocenters. The zero-order valence-corrected chi connectivity index (χ0v) is 11.8. The van der Waals surface area contributed by atoms with Gasteiger partial charge in [0.15, 0.2) is 6.10 Å². The maximum Gasteiger partial charge on any atom is 0.342 e. The minimum Gasteiger partial charge on any atom is -0.457 e. The highest BCUT2D eigenvalue weighted by Crippen LogP contribution is 2.76. The molecule has 5 fully saturated rings. The van der Waals surface area contributed by atoms with Crippen molar-refractivity contribution < 1.29 is 28.9 Å². The van der Waals surface area contributed by atoms with E-state index in [2.05, 4.69) is 6.58 Å². The number of epoxide rings is 1. The number of esters is 2. The van der Waals surface area contributed by atoms with Gasteiger partial charge in [-0.1, -0.05) is 12.2 Å². The standard InChI is InChI=1S/C15H16O6/c1-5(2)7-8-11(16)19-9(7)10-13(3)14(8,18)4-6-15(13,21-6)12(17)20-10/h6-10,18H,1,4H2,2-3H3/t6-,7+,8-,9-,10+,13-,14-,15+/m1/s1. The van der Waals surface area contributed by atoms with Crippen molar-refractivity contribution >= 4 is 11.9 Å². The fourth-order valence-corrected chi connectivity index (χ4v) is 5.59. The number of hydrogen-bond donors (Lipinski definition) is 1. The maximum atomic E-state index is 12.3. The molecular formula is C15H16O6. The quantitative estimate of drug-likeness (QED) is 0.414. The molecule has 8 atom stereocenters. The normalized spacial score (nSPS) is 62.0. The molecule has 112 valence electrons. The van der Waals surface area contributed by atoms with Crippen molar-refractivity contribution in [3.63, 3.8) is 0 Å². The van der Waals surface area contributed by atoms with Crippen molar-refractivity contribution in [3.05, 3.63) is 12.2 Å². The van der Waals surface area contributed by atoms with Crippen LogP contribution in [0.1, 0.15) is 20.3 Å². The molecule has 5 rings (SSSR count). The van der Waals surface area contributed by atoms with Crippen molar-refractivity contribution in [2.75, 3.05) is 0 Å². The molecule has 0 aromatic heterocycles. The van der Waals surface area contributed by atoms with Gasteiger partial charge in [0.05, 0.1) is 16.9 Å². The van der Waals surface area contributed by atoms with Crippen LogP contribution in [0.5, 0.6) is 0 Å². The van der Waals surface area contributed by atoms with E-state index in [1.807, 2.05) is 6.92 Å². The van der Waals surface area contributed by atoms with E-state index in [4.69, 9.17) is 14.2 Å². The largest absolute Gasteiger partial charge is 0.457 e. The van der Waals surface area contributed by atoms with E-state index in [-0.39, 0.29) is 18.4 Å². The third-order valence-electron chi connectivity index (χ3n) is 6.60. The second-order valence-corrected chi connectivity index (χ2v) is 7.25. The molecular weight excluding hydrogens is 276 g/mol. The fraction of sp³-hybridized carbons (Fsp3) is 0.733. The lowest BCUT2D eigenvalue weighted by Crippen LogP contribution is -2.66. The van der Waals surface area contributed by atoms with E-state index in [1.165, 1.54) is 0 Å². The Labute approximate surface area is 121 Å². The number of aliphatic hydroxyl groups is 1. The Morgan fingerprint density at radius 2 is 2.10 bits per heavy atom. The molecule has 0 aromatic rings. The summed E-state index contributed by atoms with van der Waals surface area (Å²) in [6.07, 6.45) is -1.34. The van der Waals surface area contributed by atoms with Crippen molar-refractivity contribution in [1.29, 1.82) is 0 Å². The summed E-state index contributed by atoms with van der Waals surface area (Å²) in [5.74, 6) is -1.86. The summed E-state index contributed by atoms with van der Waals surface area (Å²) in [7, 11) is 0. The third kappa shape index (κ3) is 0.874. The Morgan fingerprint density at radius 3 is 2.76 bits per heavy atom. The van der Waals surface area contributed by atoms with Crippen LogP contribution in [0, 0.1) is 17.3 Å². The van der Waals surface area contributed by atoms with Gasteiger partial charge in [-0.3, -0.25) is 4.79 Å². The highest BCUT2D eigenvalue weighted by Gasteiger charge is 2.95. The first-order valence-electron chi connectivity index (χ1n) is 7.26. The Bertz CT molecular complexity index is 642. The minimum atomic E-state index is -1.35. The lowest BCUT2D eigenvalue weighted by atomic mass is 9.53. The van der Waals surface area contributed by atoms with E-state index in [1.54, 1.807) is 6.92 Å². The van der Waals surface area contributed by atoms with Gasteiger partial charge < -0.3 is 19.3 Å². The maximum absolute atomic E-state index is 12.3. The Hall–Kier alpha value is -1.40. The molecule has 5 aliphatic rings. The Morgan fingerprint density at radius 1 is 1.38 bits per heavy atom. The average Bonchev–Trinajstić information content (AvgIpc) is 2.86. The van der Waals surface area contributed by atoms with Crippen LogP contribution in [-0.4, -0.2) is 46.6 Å². The molecule has 0 aromatic carbocycles. The molecule has 3 aliphatic heterocycles. The predicted octanol–water partition coefficient (Wildman–Crippen LogP) is -0.0620. The number of rotatable bonds is 1. The zero-order chi connectivity index (χ0) is 14.9. The van der Waals surface area contributed by atoms with Gasteiger partial charge in [-0.15, -0.1) is 0 Å². The summed E-state index contributed by atoms with van der Waals surface area (Å²) >= 11 is 0. The van der Waals surface area contributed by atoms with Gasteiger partial charge in [-0.05, 0) is 13.8 Å². The van der Waals surface area contributed by atoms with Crippen LogP contribution < -0.4 is 0 Å². The minimum absolute atomic E-state index is 0.269. The zero-order valence-electron chi connectivity index (χ0n) is 11.8. The predicted molar refractivity (Wildman–Crippen MR) is 66.8 cm³/mol. The van der Waals surface area contributed by atoms with Gasteiger partial charge >= 0.3 is 11.9 Å². The topological polar surface area (TPSA) is 85.4 Å². The van der Waals surface area contributed by atoms with Gasteiger partial charge in [0.25, 0.3) is 0 Å². The summed E-state index contributed by atoms with van der Waals surface area (Å²) in [4.78, 5) is 24.7. The SMILES string of the molecule is C=C(C)[C@@H]1[C@H]2OC(=O)[C@@H]1[C@]1(O)C[C@H]3O[C@]34C(=O)O[C@@H]2[C@]14C. The number of carbonyl (C=O) groups excluding carboxylic acids is 2. The molecule has 2 saturated carbocycles. The number of ether oxygens (including phenoxy) is 3. The third-order valence-corrected chi connectivity index (χ3v) is 6.60. The molecule has 6 nitrogen and oxygen atoms in total. The summed E-state index contributed by atoms with van der Waals surface area (Å²) in [5, 5.41) is 11.4. The van der Waals surface area contributed by atoms with Crippen LogP contribution in [-0.2, 0) is 23.8 Å². The van der Waals surface area contributed by atoms with Gasteiger partial charge in [-0.2, -0.15) is 0 Å². The molecule has 2 bridgehead atoms. The highest BCUT2D eigenvalue weighted by molar-refractivity contribution is 5.91. The van der Waals surface area contributed by atoms with Crippen molar-refractivity contribution in [3.8, 4) is 0 Å². The molecule has 21 heavy (non-hydrogen) atoms. The number of carbonyl (C=O) groups is 2. The molecule has 1 N–H and O–H groups in total. The molecule has 3 heterocycles. The molecule has 3 saturated heterocycles. The Balaban J connectivity index is 1.78. The molecule has 0 amide bonds. The monoisotopic (exact) mass is 292 g/mol. The highest BCUT2D eigenvalue weighted by atomic mass is 16.7. The summed E-state index contributed by atoms with van der Waals surface area (Å²) in [6, 6.07) is 0. The van der Waals surface area contributed by atoms with E-state index in [0.29, 0.717) is 0 Å². The van der Waals surface area contributed by atoms with Crippen LogP contribution in [0.2, 0.25) is 0 Å². The lowest BCUT2D eigenvalue weighted by molar-refractivity contribution is -0.195. The molecule has 2 aliphatic carbocycles. The lowest BCUT2D eigenvalue weighted by Gasteiger charge is -2.51. The van der Waals surface area contributed by atoms with Crippen LogP contribution in [0.15, 0.2) is 12.2 Å². The van der Waals surface area contributed by atoms with E-state index >= 15 is 0 Å². The number of fused-ring (bicyclic) bond motifs is 4. The average molecular weight is 292 g/mol. The van der Waals surface area contributed by atoms with Crippen LogP contribution >= 0.6 is 0 Å². The van der Waals surface area contributed by atoms with Crippen molar-refractivity contribution in [2.45, 2.75) is 49.8 Å². The summed E-state index contributed by atoms with van der Waals surface area (Å²) < 4.78 is 16.6. The fourth-order valence-electron chi connectivity index (χ4n) is 5.59. The summed E-state index contributed by atoms with van der Waals surface area (Å²) in [5.41, 5.74) is -2.60. The van der Waals surface area contributed by atoms with Gasteiger partial charge in [-0.25, -0.2) is 4.79 Å². The van der Waals surface area contributed by atoms with Gasteiger partial charge in [0.2, 0.25) is 5.60 Å². The Kier molecular flexibility index (Phi) is 1.68. The van der Waals surface area contributed by atoms with E-state index in [9.17, 15) is 14.7 Å². The van der Waals surface area contributed by atoms with Crippen LogP contribution in [0.3, 0.4) is 0 Å². The van der Waals surface area contributed by atoms with Gasteiger partial charge in [0, 0.05) is 12.3 Å². The van der Waals surface area contributed by atoms with E-state index in [0.717, 1.165) is 5.57 Å². The smallest absolute Gasteiger partial charge is 0.342 e. The van der Waals surface area contributed by atoms with Crippen molar-refractivity contribution in [2.24, 2.45) is 17.3 Å². The van der Waals surface area contributed by atoms with Crippen LogP contribution in [0.25, 0.3) is 0 Å². The van der Waals surface area contributed by atoms with E-state index < -0.39 is 46.7 Å². The first-order valence-corrected chi connectivity index (χ1v) is 7.26.